The molecular formula is C18H22N4O4. The highest BCUT2D eigenvalue weighted by atomic mass is 16.4. The predicted molar refractivity (Wildman–Crippen MR) is 94.8 cm³/mol. The van der Waals surface area contributed by atoms with Gasteiger partial charge in [-0.15, -0.1) is 0 Å². The van der Waals surface area contributed by atoms with Gasteiger partial charge in [0.05, 0.1) is 18.3 Å². The molecule has 2 N–H and O–H groups in total. The molecule has 0 radical (unpaired) electrons. The van der Waals surface area contributed by atoms with Crippen LogP contribution in [0.5, 0.6) is 0 Å². The third-order valence-electron chi connectivity index (χ3n) is 3.88. The number of carbonyl (C=O) groups is 3. The van der Waals surface area contributed by atoms with Crippen molar-refractivity contribution in [3.05, 3.63) is 48.3 Å². The summed E-state index contributed by atoms with van der Waals surface area (Å²) >= 11 is 0. The summed E-state index contributed by atoms with van der Waals surface area (Å²) in [4.78, 5) is 36.1. The summed E-state index contributed by atoms with van der Waals surface area (Å²) in [6.07, 6.45) is 3.36. The first-order chi connectivity index (χ1) is 12.4. The Morgan fingerprint density at radius 3 is 2.58 bits per heavy atom. The van der Waals surface area contributed by atoms with E-state index in [1.807, 2.05) is 30.3 Å². The van der Waals surface area contributed by atoms with Crippen molar-refractivity contribution < 1.29 is 19.5 Å². The molecule has 0 aliphatic heterocycles. The first-order valence-corrected chi connectivity index (χ1v) is 8.24. The maximum Gasteiger partial charge on any atom is 0.326 e. The fourth-order valence-electron chi connectivity index (χ4n) is 2.47. The molecule has 8 nitrogen and oxygen atoms in total. The van der Waals surface area contributed by atoms with Crippen molar-refractivity contribution in [3.8, 4) is 5.69 Å². The van der Waals surface area contributed by atoms with Crippen molar-refractivity contribution in [3.63, 3.8) is 0 Å². The van der Waals surface area contributed by atoms with Gasteiger partial charge in [0.1, 0.15) is 6.04 Å². The van der Waals surface area contributed by atoms with Gasteiger partial charge in [0.2, 0.25) is 11.8 Å². The molecule has 2 rings (SSSR count). The van der Waals surface area contributed by atoms with E-state index in [9.17, 15) is 19.5 Å². The molecule has 0 saturated heterocycles. The van der Waals surface area contributed by atoms with E-state index < -0.39 is 12.0 Å². The van der Waals surface area contributed by atoms with Crippen LogP contribution < -0.4 is 5.32 Å². The Morgan fingerprint density at radius 1 is 1.27 bits per heavy atom. The maximum atomic E-state index is 12.6. The van der Waals surface area contributed by atoms with Gasteiger partial charge >= 0.3 is 5.97 Å². The summed E-state index contributed by atoms with van der Waals surface area (Å²) in [5.41, 5.74) is 1.55. The van der Waals surface area contributed by atoms with Gasteiger partial charge in [0, 0.05) is 26.2 Å². The summed E-state index contributed by atoms with van der Waals surface area (Å²) in [6.45, 7) is 3.13. The Hall–Kier alpha value is -3.16. The number of aromatic nitrogens is 2. The molecular weight excluding hydrogens is 336 g/mol. The molecule has 0 saturated carbocycles. The summed E-state index contributed by atoms with van der Waals surface area (Å²) < 4.78 is 1.66. The molecule has 0 spiro atoms. The highest BCUT2D eigenvalue weighted by Crippen LogP contribution is 2.10. The van der Waals surface area contributed by atoms with Gasteiger partial charge in [-0.3, -0.25) is 9.59 Å². The van der Waals surface area contributed by atoms with Crippen LogP contribution in [0.1, 0.15) is 19.4 Å². The lowest BCUT2D eigenvalue weighted by Crippen LogP contribution is -2.47. The zero-order valence-corrected chi connectivity index (χ0v) is 14.8. The number of para-hydroxylation sites is 1. The number of carbonyl (C=O) groups excluding carboxylic acids is 2. The smallest absolute Gasteiger partial charge is 0.326 e. The van der Waals surface area contributed by atoms with Crippen molar-refractivity contribution in [2.75, 3.05) is 13.1 Å². The third kappa shape index (κ3) is 5.17. The number of amides is 2. The van der Waals surface area contributed by atoms with Gasteiger partial charge in [0.15, 0.2) is 0 Å². The fourth-order valence-corrected chi connectivity index (χ4v) is 2.47. The summed E-state index contributed by atoms with van der Waals surface area (Å²) in [5.74, 6) is -1.66. The Bertz CT molecular complexity index is 773. The normalized spacial score (nSPS) is 11.6. The third-order valence-corrected chi connectivity index (χ3v) is 3.88. The van der Waals surface area contributed by atoms with E-state index in [-0.39, 0.29) is 31.3 Å². The number of hydrogen-bond acceptors (Lipinski definition) is 4. The van der Waals surface area contributed by atoms with E-state index in [2.05, 4.69) is 10.4 Å². The number of aliphatic carboxylic acids is 1. The molecule has 138 valence electrons. The van der Waals surface area contributed by atoms with E-state index in [4.69, 9.17) is 0 Å². The van der Waals surface area contributed by atoms with Crippen molar-refractivity contribution in [1.29, 1.82) is 0 Å². The van der Waals surface area contributed by atoms with Crippen LogP contribution in [0.25, 0.3) is 5.69 Å². The van der Waals surface area contributed by atoms with Crippen LogP contribution >= 0.6 is 0 Å². The molecule has 1 heterocycles. The highest BCUT2D eigenvalue weighted by molar-refractivity contribution is 5.84. The van der Waals surface area contributed by atoms with Gasteiger partial charge in [0.25, 0.3) is 0 Å². The zero-order valence-electron chi connectivity index (χ0n) is 14.8. The topological polar surface area (TPSA) is 105 Å². The lowest BCUT2D eigenvalue weighted by Gasteiger charge is -2.26. The molecule has 0 fully saturated rings. The quantitative estimate of drug-likeness (QED) is 0.728. The molecule has 26 heavy (non-hydrogen) atoms. The molecule has 2 amide bonds. The summed E-state index contributed by atoms with van der Waals surface area (Å²) in [7, 11) is 0. The molecule has 0 aliphatic carbocycles. The largest absolute Gasteiger partial charge is 0.480 e. The number of hydrogen-bond donors (Lipinski definition) is 2. The summed E-state index contributed by atoms with van der Waals surface area (Å²) in [5, 5.41) is 16.0. The fraction of sp³-hybridized carbons (Fsp3) is 0.333. The minimum absolute atomic E-state index is 0.0323. The number of nitrogens with zero attached hydrogens (tertiary/aromatic N) is 3. The van der Waals surface area contributed by atoms with Crippen LogP contribution in [0.2, 0.25) is 0 Å². The van der Waals surface area contributed by atoms with E-state index in [0.717, 1.165) is 5.69 Å². The van der Waals surface area contributed by atoms with Gasteiger partial charge in [-0.25, -0.2) is 9.48 Å². The average Bonchev–Trinajstić information content (AvgIpc) is 3.07. The SMILES string of the molecule is CC(=O)NCCN(C(=O)Cc1cnn(-c2ccccc2)c1)C(C)C(=O)O. The van der Waals surface area contributed by atoms with Gasteiger partial charge < -0.3 is 15.3 Å². The number of nitrogens with one attached hydrogen (secondary N) is 1. The Labute approximate surface area is 151 Å². The maximum absolute atomic E-state index is 12.6. The molecule has 1 unspecified atom stereocenters. The van der Waals surface area contributed by atoms with Crippen LogP contribution in [-0.2, 0) is 20.8 Å². The van der Waals surface area contributed by atoms with Crippen LogP contribution in [-0.4, -0.2) is 56.7 Å². The number of carboxylic acids is 1. The molecule has 8 heteroatoms. The second kappa shape index (κ2) is 8.80. The Kier molecular flexibility index (Phi) is 6.48. The first kappa shape index (κ1) is 19.2. The Balaban J connectivity index is 2.07. The van der Waals surface area contributed by atoms with Crippen LogP contribution in [0.4, 0.5) is 0 Å². The first-order valence-electron chi connectivity index (χ1n) is 8.24. The standard InChI is InChI=1S/C18H22N4O4/c1-13(18(25)26)21(9-8-19-14(2)23)17(24)10-15-11-20-22(12-15)16-6-4-3-5-7-16/h3-7,11-13H,8-10H2,1-2H3,(H,19,23)(H,25,26). The number of carboxylic acid groups (broad SMARTS) is 1. The van der Waals surface area contributed by atoms with E-state index >= 15 is 0 Å². The molecule has 0 bridgehead atoms. The minimum atomic E-state index is -1.10. The Morgan fingerprint density at radius 2 is 1.96 bits per heavy atom. The molecule has 2 aromatic rings. The number of rotatable bonds is 8. The lowest BCUT2D eigenvalue weighted by atomic mass is 10.2. The van der Waals surface area contributed by atoms with Gasteiger partial charge in [-0.05, 0) is 24.6 Å². The van der Waals surface area contributed by atoms with Crippen molar-refractivity contribution in [2.24, 2.45) is 0 Å². The minimum Gasteiger partial charge on any atom is -0.480 e. The van der Waals surface area contributed by atoms with Crippen LogP contribution in [0.3, 0.4) is 0 Å². The van der Waals surface area contributed by atoms with Crippen molar-refractivity contribution in [1.82, 2.24) is 20.0 Å². The van der Waals surface area contributed by atoms with E-state index in [1.54, 1.807) is 17.1 Å². The second-order valence-electron chi connectivity index (χ2n) is 5.89. The average molecular weight is 358 g/mol. The van der Waals surface area contributed by atoms with Crippen LogP contribution in [0.15, 0.2) is 42.7 Å². The van der Waals surface area contributed by atoms with Crippen LogP contribution in [0, 0.1) is 0 Å². The van der Waals surface area contributed by atoms with Crippen molar-refractivity contribution in [2.45, 2.75) is 26.3 Å². The molecule has 1 aromatic carbocycles. The van der Waals surface area contributed by atoms with Gasteiger partial charge in [-0.2, -0.15) is 5.10 Å². The predicted octanol–water partition coefficient (Wildman–Crippen LogP) is 0.853. The highest BCUT2D eigenvalue weighted by Gasteiger charge is 2.25. The lowest BCUT2D eigenvalue weighted by molar-refractivity contribution is -0.149. The second-order valence-corrected chi connectivity index (χ2v) is 5.89. The van der Waals surface area contributed by atoms with Gasteiger partial charge in [-0.1, -0.05) is 18.2 Å². The number of benzene rings is 1. The molecule has 1 aromatic heterocycles. The molecule has 0 aliphatic rings. The zero-order chi connectivity index (χ0) is 19.1. The van der Waals surface area contributed by atoms with E-state index in [0.29, 0.717) is 5.56 Å². The van der Waals surface area contributed by atoms with E-state index in [1.165, 1.54) is 18.7 Å². The van der Waals surface area contributed by atoms with Crippen molar-refractivity contribution >= 4 is 17.8 Å². The monoisotopic (exact) mass is 358 g/mol. The summed E-state index contributed by atoms with van der Waals surface area (Å²) in [6, 6.07) is 8.48. The molecule has 1 atom stereocenters.